The van der Waals surface area contributed by atoms with Gasteiger partial charge in [-0.25, -0.2) is 13.2 Å². The lowest BCUT2D eigenvalue weighted by Gasteiger charge is -2.51. The Labute approximate surface area is 202 Å². The second-order valence-electron chi connectivity index (χ2n) is 10.0. The van der Waals surface area contributed by atoms with E-state index >= 15 is 0 Å². The van der Waals surface area contributed by atoms with E-state index in [-0.39, 0.29) is 36.1 Å². The summed E-state index contributed by atoms with van der Waals surface area (Å²) in [6.07, 6.45) is 3.90. The summed E-state index contributed by atoms with van der Waals surface area (Å²) in [6.45, 7) is 6.51. The van der Waals surface area contributed by atoms with Crippen molar-refractivity contribution >= 4 is 16.1 Å². The second kappa shape index (κ2) is 8.86. The lowest BCUT2D eigenvalue weighted by atomic mass is 9.76. The van der Waals surface area contributed by atoms with E-state index in [9.17, 15) is 13.2 Å². The third-order valence-corrected chi connectivity index (χ3v) is 9.44. The molecule has 2 fully saturated rings. The summed E-state index contributed by atoms with van der Waals surface area (Å²) in [5, 5.41) is 0. The van der Waals surface area contributed by atoms with E-state index in [1.807, 2.05) is 60.4 Å². The van der Waals surface area contributed by atoms with Gasteiger partial charge >= 0.3 is 6.09 Å². The number of ether oxygens (including phenoxy) is 1. The number of piperidine rings is 1. The monoisotopic (exact) mass is 480 g/mol. The number of fused-ring (bicyclic) bond motifs is 2. The Hall–Kier alpha value is -2.64. The van der Waals surface area contributed by atoms with E-state index in [2.05, 4.69) is 13.8 Å². The normalized spacial score (nSPS) is 27.2. The van der Waals surface area contributed by atoms with Crippen molar-refractivity contribution in [3.63, 3.8) is 0 Å². The maximum atomic E-state index is 13.9. The summed E-state index contributed by atoms with van der Waals surface area (Å²) in [6, 6.07) is 16.5. The maximum absolute atomic E-state index is 13.9. The highest BCUT2D eigenvalue weighted by atomic mass is 32.2. The van der Waals surface area contributed by atoms with Crippen molar-refractivity contribution in [2.24, 2.45) is 11.8 Å². The van der Waals surface area contributed by atoms with Crippen molar-refractivity contribution in [1.29, 1.82) is 0 Å². The highest BCUT2D eigenvalue weighted by Gasteiger charge is 2.52. The Bertz CT molecular complexity index is 1190. The highest BCUT2D eigenvalue weighted by Crippen LogP contribution is 2.46. The molecule has 4 aliphatic rings. The fourth-order valence-electron chi connectivity index (χ4n) is 5.67. The Morgan fingerprint density at radius 1 is 1.03 bits per heavy atom. The van der Waals surface area contributed by atoms with Crippen LogP contribution in [0.1, 0.15) is 37.8 Å². The molecule has 4 atom stereocenters. The number of nitrogens with zero attached hydrogens (tertiary/aromatic N) is 2. The van der Waals surface area contributed by atoms with Gasteiger partial charge in [0.1, 0.15) is 6.61 Å². The molecule has 0 spiro atoms. The van der Waals surface area contributed by atoms with E-state index in [0.29, 0.717) is 17.9 Å². The Morgan fingerprint density at radius 3 is 2.41 bits per heavy atom. The zero-order valence-corrected chi connectivity index (χ0v) is 20.7. The van der Waals surface area contributed by atoms with Crippen LogP contribution in [-0.2, 0) is 21.2 Å². The average Bonchev–Trinajstić information content (AvgIpc) is 3.21. The molecule has 0 radical (unpaired) electrons. The van der Waals surface area contributed by atoms with Gasteiger partial charge in [-0.2, -0.15) is 4.31 Å². The van der Waals surface area contributed by atoms with Crippen LogP contribution in [0.3, 0.4) is 0 Å². The van der Waals surface area contributed by atoms with Gasteiger partial charge in [0, 0.05) is 23.7 Å². The van der Waals surface area contributed by atoms with Gasteiger partial charge in [-0.3, -0.25) is 4.90 Å². The Kier molecular flexibility index (Phi) is 6.02. The van der Waals surface area contributed by atoms with Crippen LogP contribution in [0.25, 0.3) is 0 Å². The number of aryl methyl sites for hydroxylation is 1. The number of cyclic esters (lactones) is 1. The lowest BCUT2D eigenvalue weighted by Crippen LogP contribution is -2.59. The summed E-state index contributed by atoms with van der Waals surface area (Å²) >= 11 is 0. The Balaban J connectivity index is 1.59. The summed E-state index contributed by atoms with van der Waals surface area (Å²) in [5.41, 5.74) is 3.05. The topological polar surface area (TPSA) is 66.9 Å². The van der Waals surface area contributed by atoms with Gasteiger partial charge in [0.2, 0.25) is 10.0 Å². The van der Waals surface area contributed by atoms with Gasteiger partial charge in [-0.05, 0) is 55.9 Å². The molecule has 3 heterocycles. The molecule has 2 saturated heterocycles. The second-order valence-corrected chi connectivity index (χ2v) is 11.8. The summed E-state index contributed by atoms with van der Waals surface area (Å²) in [5.74, 6) is 0.171. The van der Waals surface area contributed by atoms with Crippen LogP contribution in [0.2, 0.25) is 0 Å². The molecule has 6 rings (SSSR count). The first-order chi connectivity index (χ1) is 16.3. The van der Waals surface area contributed by atoms with Crippen LogP contribution >= 0.6 is 0 Å². The zero-order valence-electron chi connectivity index (χ0n) is 19.9. The van der Waals surface area contributed by atoms with E-state index in [1.54, 1.807) is 16.4 Å². The van der Waals surface area contributed by atoms with E-state index in [0.717, 1.165) is 29.7 Å². The van der Waals surface area contributed by atoms with Crippen LogP contribution in [0.15, 0.2) is 71.3 Å². The van der Waals surface area contributed by atoms with Crippen molar-refractivity contribution in [3.8, 4) is 0 Å². The largest absolute Gasteiger partial charge is 0.447 e. The van der Waals surface area contributed by atoms with Gasteiger partial charge < -0.3 is 4.74 Å². The van der Waals surface area contributed by atoms with Gasteiger partial charge in [-0.15, -0.1) is 0 Å². The molecule has 0 aromatic heterocycles. The lowest BCUT2D eigenvalue weighted by molar-refractivity contribution is 0.105. The summed E-state index contributed by atoms with van der Waals surface area (Å²) in [4.78, 5) is 14.9. The molecule has 1 amide bonds. The Morgan fingerprint density at radius 2 is 1.74 bits per heavy atom. The van der Waals surface area contributed by atoms with Crippen molar-refractivity contribution < 1.29 is 17.9 Å². The molecule has 0 saturated carbocycles. The van der Waals surface area contributed by atoms with Crippen molar-refractivity contribution in [1.82, 2.24) is 9.21 Å². The molecular formula is C27H32N2O4S. The number of sulfonamides is 1. The molecule has 2 bridgehead atoms. The van der Waals surface area contributed by atoms with Crippen LogP contribution in [-0.4, -0.2) is 48.4 Å². The van der Waals surface area contributed by atoms with Gasteiger partial charge in [0.25, 0.3) is 0 Å². The maximum Gasteiger partial charge on any atom is 0.414 e. The van der Waals surface area contributed by atoms with Gasteiger partial charge in [-0.1, -0.05) is 61.9 Å². The number of hydrogen-bond acceptors (Lipinski definition) is 4. The van der Waals surface area contributed by atoms with Crippen LogP contribution < -0.4 is 0 Å². The van der Waals surface area contributed by atoms with E-state index < -0.39 is 10.0 Å². The molecule has 2 aromatic rings. The van der Waals surface area contributed by atoms with Crippen LogP contribution in [0.5, 0.6) is 0 Å². The van der Waals surface area contributed by atoms with Gasteiger partial charge in [0.05, 0.1) is 10.9 Å². The first-order valence-electron chi connectivity index (χ1n) is 12.1. The average molecular weight is 481 g/mol. The standard InChI is InChI=1S/C27H32N2O4S/c1-18(2)26-17-33-27(30)28(26)24-16-21-11-14-23(24)25(15-20-7-5-4-6-8-20)29(21)34(31,32)22-12-9-19(3)10-13-22/h4-10,12-13,16,18,21,23,25-26H,11,14-15,17H2,1-3H3/t21-,23+,25-,26+/m1/s1. The molecule has 0 N–H and O–H groups in total. The van der Waals surface area contributed by atoms with Gasteiger partial charge in [0.15, 0.2) is 0 Å². The minimum Gasteiger partial charge on any atom is -0.447 e. The molecule has 3 aliphatic heterocycles. The molecule has 7 heteroatoms. The minimum atomic E-state index is -3.72. The third-order valence-electron chi connectivity index (χ3n) is 7.47. The predicted molar refractivity (Wildman–Crippen MR) is 131 cm³/mol. The fourth-order valence-corrected chi connectivity index (χ4v) is 7.50. The van der Waals surface area contributed by atoms with Crippen molar-refractivity contribution in [3.05, 3.63) is 77.5 Å². The quantitative estimate of drug-likeness (QED) is 0.598. The number of amides is 1. The van der Waals surface area contributed by atoms with Crippen LogP contribution in [0, 0.1) is 18.8 Å². The molecule has 1 aliphatic carbocycles. The predicted octanol–water partition coefficient (Wildman–Crippen LogP) is 4.75. The first-order valence-corrected chi connectivity index (χ1v) is 13.5. The number of hydrogen-bond donors (Lipinski definition) is 0. The number of benzene rings is 2. The molecule has 34 heavy (non-hydrogen) atoms. The van der Waals surface area contributed by atoms with Crippen molar-refractivity contribution in [2.75, 3.05) is 6.61 Å². The molecule has 0 unspecified atom stereocenters. The SMILES string of the molecule is Cc1ccc(S(=O)(=O)N2[C@H](Cc3ccccc3)[C@H]3CC[C@@H]2C=C3N2C(=O)OC[C@H]2C(C)C)cc1. The molecule has 2 aromatic carbocycles. The number of carbonyl (C=O) groups is 1. The first kappa shape index (κ1) is 23.1. The van der Waals surface area contributed by atoms with E-state index in [1.165, 1.54) is 0 Å². The zero-order chi connectivity index (χ0) is 24.0. The fraction of sp³-hybridized carbons (Fsp3) is 0.444. The van der Waals surface area contributed by atoms with Crippen molar-refractivity contribution in [2.45, 2.75) is 63.1 Å². The van der Waals surface area contributed by atoms with E-state index in [4.69, 9.17) is 4.74 Å². The molecule has 180 valence electrons. The number of carbonyl (C=O) groups excluding carboxylic acids is 1. The third kappa shape index (κ3) is 3.95. The van der Waals surface area contributed by atoms with Crippen LogP contribution in [0.4, 0.5) is 4.79 Å². The summed E-state index contributed by atoms with van der Waals surface area (Å²) < 4.78 is 35.0. The highest BCUT2D eigenvalue weighted by molar-refractivity contribution is 7.89. The number of rotatable bonds is 6. The summed E-state index contributed by atoms with van der Waals surface area (Å²) in [7, 11) is -3.72. The molecule has 6 nitrogen and oxygen atoms in total. The smallest absolute Gasteiger partial charge is 0.414 e. The minimum absolute atomic E-state index is 0.0300. The molecular weight excluding hydrogens is 448 g/mol.